The topological polar surface area (TPSA) is 15.8 Å². The number of thiophene rings is 1. The molecule has 3 heteroatoms. The molecule has 1 nitrogen and oxygen atoms in total. The summed E-state index contributed by atoms with van der Waals surface area (Å²) in [6, 6.07) is 10.6. The van der Waals surface area contributed by atoms with Crippen molar-refractivity contribution in [1.82, 2.24) is 4.98 Å². The Morgan fingerprint density at radius 1 is 1.22 bits per heavy atom. The maximum Gasteiger partial charge on any atom is 0.0566 e. The van der Waals surface area contributed by atoms with Gasteiger partial charge in [0.15, 0.2) is 0 Å². The second-order valence-corrected chi connectivity index (χ2v) is 6.01. The number of aromatic nitrogens is 1. The van der Waals surface area contributed by atoms with Crippen molar-refractivity contribution in [3.8, 4) is 10.6 Å². The van der Waals surface area contributed by atoms with Gasteiger partial charge in [0.2, 0.25) is 0 Å². The Hall–Kier alpha value is -1.25. The number of benzene rings is 1. The molecule has 0 atom stereocenters. The number of halogens is 1. The highest BCUT2D eigenvalue weighted by Gasteiger charge is 2.09. The van der Waals surface area contributed by atoms with Gasteiger partial charge in [-0.1, -0.05) is 24.6 Å². The first kappa shape index (κ1) is 11.8. The molecule has 3 rings (SSSR count). The van der Waals surface area contributed by atoms with Crippen LogP contribution in [0, 0.1) is 6.92 Å². The van der Waals surface area contributed by atoms with Crippen LogP contribution < -0.4 is 0 Å². The predicted octanol–water partition coefficient (Wildman–Crippen LogP) is 5.42. The van der Waals surface area contributed by atoms with Gasteiger partial charge in [-0.25, -0.2) is 0 Å². The molecule has 2 aromatic heterocycles. The van der Waals surface area contributed by atoms with Crippen molar-refractivity contribution < 1.29 is 0 Å². The lowest BCUT2D eigenvalue weighted by Crippen LogP contribution is -1.78. The van der Waals surface area contributed by atoms with E-state index in [1.807, 2.05) is 17.4 Å². The fraction of sp³-hybridized carbons (Fsp3) is 0.200. The van der Waals surface area contributed by atoms with Crippen LogP contribution in [0.3, 0.4) is 0 Å². The van der Waals surface area contributed by atoms with E-state index in [0.717, 1.165) is 22.5 Å². The molecule has 0 saturated heterocycles. The van der Waals surface area contributed by atoms with E-state index in [9.17, 15) is 0 Å². The maximum atomic E-state index is 6.15. The summed E-state index contributed by atoms with van der Waals surface area (Å²) in [5, 5.41) is 2.04. The Morgan fingerprint density at radius 2 is 2.06 bits per heavy atom. The first-order valence-corrected chi connectivity index (χ1v) is 7.25. The number of aromatic amines is 1. The van der Waals surface area contributed by atoms with Gasteiger partial charge in [-0.05, 0) is 43.2 Å². The van der Waals surface area contributed by atoms with Crippen LogP contribution in [0.25, 0.3) is 21.5 Å². The summed E-state index contributed by atoms with van der Waals surface area (Å²) in [6.07, 6.45) is 1.09. The average Bonchev–Trinajstić information content (AvgIpc) is 2.99. The molecule has 0 amide bonds. The van der Waals surface area contributed by atoms with E-state index in [2.05, 4.69) is 43.1 Å². The number of hydrogen-bond acceptors (Lipinski definition) is 1. The molecule has 2 heterocycles. The van der Waals surface area contributed by atoms with Gasteiger partial charge in [-0.2, -0.15) is 0 Å². The Kier molecular flexibility index (Phi) is 2.92. The smallest absolute Gasteiger partial charge is 0.0566 e. The van der Waals surface area contributed by atoms with Gasteiger partial charge >= 0.3 is 0 Å². The molecule has 0 spiro atoms. The summed E-state index contributed by atoms with van der Waals surface area (Å²) in [5.74, 6) is 0. The third-order valence-electron chi connectivity index (χ3n) is 3.27. The van der Waals surface area contributed by atoms with Gasteiger partial charge in [-0.15, -0.1) is 11.3 Å². The molecule has 0 aliphatic rings. The summed E-state index contributed by atoms with van der Waals surface area (Å²) in [6.45, 7) is 4.24. The minimum Gasteiger partial charge on any atom is -0.354 e. The predicted molar refractivity (Wildman–Crippen MR) is 80.7 cm³/mol. The fourth-order valence-electron chi connectivity index (χ4n) is 2.17. The Morgan fingerprint density at radius 3 is 2.78 bits per heavy atom. The highest BCUT2D eigenvalue weighted by molar-refractivity contribution is 7.15. The number of nitrogens with one attached hydrogen (secondary N) is 1. The quantitative estimate of drug-likeness (QED) is 0.643. The van der Waals surface area contributed by atoms with Crippen LogP contribution in [0.4, 0.5) is 0 Å². The number of H-pyrrole nitrogens is 1. The van der Waals surface area contributed by atoms with Crippen molar-refractivity contribution in [3.05, 3.63) is 45.8 Å². The summed E-state index contributed by atoms with van der Waals surface area (Å²) in [5.41, 5.74) is 3.44. The van der Waals surface area contributed by atoms with Crippen molar-refractivity contribution in [3.63, 3.8) is 0 Å². The Bertz CT molecular complexity index is 708. The second-order valence-electron chi connectivity index (χ2n) is 4.44. The molecule has 0 aliphatic heterocycles. The molecular formula is C15H14ClNS. The van der Waals surface area contributed by atoms with Gasteiger partial charge in [0.05, 0.1) is 16.1 Å². The van der Waals surface area contributed by atoms with E-state index in [1.54, 1.807) is 0 Å². The van der Waals surface area contributed by atoms with Crippen LogP contribution in [0.15, 0.2) is 30.3 Å². The number of hydrogen-bond donors (Lipinski definition) is 1. The summed E-state index contributed by atoms with van der Waals surface area (Å²) >= 11 is 8.00. The fourth-order valence-corrected chi connectivity index (χ4v) is 3.24. The Labute approximate surface area is 115 Å². The van der Waals surface area contributed by atoms with Crippen molar-refractivity contribution >= 4 is 33.8 Å². The standard InChI is InChI=1S/C15H14ClNS/c1-3-11-5-7-14(18-11)13-8-10-4-6-12(16)9(2)15(10)17-13/h4-8,17H,3H2,1-2H3. The van der Waals surface area contributed by atoms with E-state index in [1.165, 1.54) is 20.8 Å². The van der Waals surface area contributed by atoms with Gasteiger partial charge in [-0.3, -0.25) is 0 Å². The van der Waals surface area contributed by atoms with Gasteiger partial charge in [0.25, 0.3) is 0 Å². The van der Waals surface area contributed by atoms with Crippen molar-refractivity contribution in [2.24, 2.45) is 0 Å². The Balaban J connectivity index is 2.16. The zero-order valence-electron chi connectivity index (χ0n) is 10.4. The molecule has 1 N–H and O–H groups in total. The lowest BCUT2D eigenvalue weighted by Gasteiger charge is -1.98. The van der Waals surface area contributed by atoms with E-state index in [4.69, 9.17) is 11.6 Å². The molecular weight excluding hydrogens is 262 g/mol. The third-order valence-corrected chi connectivity index (χ3v) is 4.94. The molecule has 0 aliphatic carbocycles. The lowest BCUT2D eigenvalue weighted by molar-refractivity contribution is 1.19. The monoisotopic (exact) mass is 275 g/mol. The van der Waals surface area contributed by atoms with Gasteiger partial charge in [0, 0.05) is 15.3 Å². The zero-order valence-corrected chi connectivity index (χ0v) is 12.0. The van der Waals surface area contributed by atoms with Crippen LogP contribution in [0.1, 0.15) is 17.4 Å². The first-order chi connectivity index (χ1) is 8.69. The van der Waals surface area contributed by atoms with Crippen LogP contribution in [0.5, 0.6) is 0 Å². The SMILES string of the molecule is CCc1ccc(-c2cc3ccc(Cl)c(C)c3[nH]2)s1. The largest absolute Gasteiger partial charge is 0.354 e. The van der Waals surface area contributed by atoms with Crippen LogP contribution >= 0.6 is 22.9 Å². The molecule has 0 radical (unpaired) electrons. The van der Waals surface area contributed by atoms with Crippen molar-refractivity contribution in [2.45, 2.75) is 20.3 Å². The van der Waals surface area contributed by atoms with Gasteiger partial charge < -0.3 is 4.98 Å². The lowest BCUT2D eigenvalue weighted by atomic mass is 10.2. The molecule has 0 saturated carbocycles. The van der Waals surface area contributed by atoms with E-state index < -0.39 is 0 Å². The highest BCUT2D eigenvalue weighted by Crippen LogP contribution is 2.33. The molecule has 92 valence electrons. The summed E-state index contributed by atoms with van der Waals surface area (Å²) < 4.78 is 0. The summed E-state index contributed by atoms with van der Waals surface area (Å²) in [7, 11) is 0. The zero-order chi connectivity index (χ0) is 12.7. The van der Waals surface area contributed by atoms with Crippen LogP contribution in [-0.2, 0) is 6.42 Å². The van der Waals surface area contributed by atoms with E-state index in [0.29, 0.717) is 0 Å². The first-order valence-electron chi connectivity index (χ1n) is 6.06. The summed E-state index contributed by atoms with van der Waals surface area (Å²) in [4.78, 5) is 6.19. The normalized spacial score (nSPS) is 11.3. The minimum atomic E-state index is 0.816. The maximum absolute atomic E-state index is 6.15. The molecule has 1 aromatic carbocycles. The minimum absolute atomic E-state index is 0.816. The van der Waals surface area contributed by atoms with Crippen molar-refractivity contribution in [1.29, 1.82) is 0 Å². The van der Waals surface area contributed by atoms with E-state index in [-0.39, 0.29) is 0 Å². The third kappa shape index (κ3) is 1.86. The average molecular weight is 276 g/mol. The van der Waals surface area contributed by atoms with E-state index >= 15 is 0 Å². The molecule has 0 fully saturated rings. The number of rotatable bonds is 2. The number of aryl methyl sites for hydroxylation is 2. The van der Waals surface area contributed by atoms with Crippen LogP contribution in [-0.4, -0.2) is 4.98 Å². The molecule has 0 bridgehead atoms. The van der Waals surface area contributed by atoms with Gasteiger partial charge in [0.1, 0.15) is 0 Å². The molecule has 0 unspecified atom stereocenters. The number of fused-ring (bicyclic) bond motifs is 1. The molecule has 18 heavy (non-hydrogen) atoms. The van der Waals surface area contributed by atoms with Crippen LogP contribution in [0.2, 0.25) is 5.02 Å². The molecule has 3 aromatic rings. The second kappa shape index (κ2) is 4.45. The van der Waals surface area contributed by atoms with Crippen molar-refractivity contribution in [2.75, 3.05) is 0 Å². The highest BCUT2D eigenvalue weighted by atomic mass is 35.5.